The molecule has 4 rings (SSSR count). The first-order chi connectivity index (χ1) is 13.8. The molecule has 0 aliphatic rings. The molecule has 0 saturated carbocycles. The van der Waals surface area contributed by atoms with Gasteiger partial charge >= 0.3 is 5.69 Å². The number of nitrogens with one attached hydrogen (secondary N) is 1. The molecule has 0 aliphatic carbocycles. The van der Waals surface area contributed by atoms with Gasteiger partial charge in [0.15, 0.2) is 0 Å². The fourth-order valence-corrected chi connectivity index (χ4v) is 4.01. The number of hydrogen-bond donors (Lipinski definition) is 1. The predicted molar refractivity (Wildman–Crippen MR) is 112 cm³/mol. The molecule has 1 N–H and O–H groups in total. The normalized spacial score (nSPS) is 11.5. The van der Waals surface area contributed by atoms with E-state index in [4.69, 9.17) is 0 Å². The number of thiophene rings is 1. The molecule has 9 nitrogen and oxygen atoms in total. The number of benzene rings is 2. The number of aromatic nitrogens is 2. The highest BCUT2D eigenvalue weighted by molar-refractivity contribution is 7.20. The number of rotatable bonds is 4. The van der Waals surface area contributed by atoms with Gasteiger partial charge in [0, 0.05) is 36.3 Å². The van der Waals surface area contributed by atoms with Gasteiger partial charge in [0.05, 0.1) is 27.0 Å². The summed E-state index contributed by atoms with van der Waals surface area (Å²) in [5, 5.41) is 15.5. The molecule has 2 aromatic carbocycles. The molecule has 1 amide bonds. The number of amides is 1. The summed E-state index contributed by atoms with van der Waals surface area (Å²) >= 11 is 1.23. The lowest BCUT2D eigenvalue weighted by Gasteiger charge is -1.98. The van der Waals surface area contributed by atoms with E-state index in [2.05, 4.69) is 10.5 Å². The molecule has 4 aromatic rings. The maximum absolute atomic E-state index is 12.3. The molecule has 0 saturated heterocycles. The van der Waals surface area contributed by atoms with Gasteiger partial charge in [-0.15, -0.1) is 11.3 Å². The van der Waals surface area contributed by atoms with Crippen LogP contribution < -0.4 is 11.1 Å². The van der Waals surface area contributed by atoms with Gasteiger partial charge in [0.1, 0.15) is 0 Å². The zero-order valence-electron chi connectivity index (χ0n) is 15.4. The first kappa shape index (κ1) is 18.6. The second kappa shape index (κ2) is 6.99. The third-order valence-corrected chi connectivity index (χ3v) is 5.73. The van der Waals surface area contributed by atoms with Gasteiger partial charge in [-0.3, -0.25) is 24.0 Å². The highest BCUT2D eigenvalue weighted by Crippen LogP contribution is 2.28. The number of carbonyl (C=O) groups excluding carboxylic acids is 1. The Morgan fingerprint density at radius 3 is 2.66 bits per heavy atom. The summed E-state index contributed by atoms with van der Waals surface area (Å²) < 4.78 is 3.88. The molecule has 0 fully saturated rings. The average Bonchev–Trinajstić information content (AvgIpc) is 3.23. The molecule has 0 unspecified atom stereocenters. The first-order valence-electron chi connectivity index (χ1n) is 8.52. The van der Waals surface area contributed by atoms with E-state index in [9.17, 15) is 19.7 Å². The number of carbonyl (C=O) groups is 1. The van der Waals surface area contributed by atoms with Gasteiger partial charge in [0.25, 0.3) is 11.6 Å². The zero-order chi connectivity index (χ0) is 20.7. The number of hydrogen-bond acceptors (Lipinski definition) is 6. The summed E-state index contributed by atoms with van der Waals surface area (Å²) in [7, 11) is 3.40. The Bertz CT molecular complexity index is 1380. The number of nitro benzene ring substituents is 1. The van der Waals surface area contributed by atoms with Crippen LogP contribution in [0, 0.1) is 10.1 Å². The van der Waals surface area contributed by atoms with Crippen LogP contribution in [0.3, 0.4) is 0 Å². The van der Waals surface area contributed by atoms with Gasteiger partial charge in [-0.05, 0) is 29.8 Å². The van der Waals surface area contributed by atoms with Crippen molar-refractivity contribution in [2.75, 3.05) is 0 Å². The molecule has 146 valence electrons. The minimum Gasteiger partial charge on any atom is -0.295 e. The Morgan fingerprint density at radius 2 is 1.90 bits per heavy atom. The molecule has 0 aliphatic heterocycles. The number of fused-ring (bicyclic) bond motifs is 2. The van der Waals surface area contributed by atoms with Gasteiger partial charge < -0.3 is 0 Å². The van der Waals surface area contributed by atoms with E-state index in [0.29, 0.717) is 10.3 Å². The molecular weight excluding hydrogens is 394 g/mol. The van der Waals surface area contributed by atoms with Crippen molar-refractivity contribution in [2.24, 2.45) is 19.2 Å². The monoisotopic (exact) mass is 409 g/mol. The van der Waals surface area contributed by atoms with E-state index < -0.39 is 10.8 Å². The lowest BCUT2D eigenvalue weighted by atomic mass is 10.2. The van der Waals surface area contributed by atoms with Gasteiger partial charge in [-0.2, -0.15) is 5.10 Å². The van der Waals surface area contributed by atoms with E-state index in [1.165, 1.54) is 29.7 Å². The van der Waals surface area contributed by atoms with Crippen LogP contribution in [0.1, 0.15) is 15.2 Å². The lowest BCUT2D eigenvalue weighted by Crippen LogP contribution is -2.19. The second-order valence-electron chi connectivity index (χ2n) is 6.44. The van der Waals surface area contributed by atoms with Crippen molar-refractivity contribution in [2.45, 2.75) is 0 Å². The Balaban J connectivity index is 1.53. The highest BCUT2D eigenvalue weighted by Gasteiger charge is 2.13. The SMILES string of the molecule is Cn1c(=O)n(C)c2cc(C=NNC(=O)c3cc4cc([N+](=O)[O-])ccc4s3)ccc21. The van der Waals surface area contributed by atoms with E-state index in [0.717, 1.165) is 21.3 Å². The summed E-state index contributed by atoms with van der Waals surface area (Å²) in [4.78, 5) is 35.1. The van der Waals surface area contributed by atoms with Crippen LogP contribution in [-0.4, -0.2) is 26.2 Å². The third-order valence-electron chi connectivity index (χ3n) is 4.61. The molecule has 10 heteroatoms. The van der Waals surface area contributed by atoms with Crippen molar-refractivity contribution in [3.63, 3.8) is 0 Å². The van der Waals surface area contributed by atoms with Crippen LogP contribution in [-0.2, 0) is 14.1 Å². The number of non-ortho nitro benzene ring substituents is 1. The van der Waals surface area contributed by atoms with Gasteiger partial charge in [-0.25, -0.2) is 10.2 Å². The number of hydrazone groups is 1. The van der Waals surface area contributed by atoms with Crippen molar-refractivity contribution >= 4 is 50.3 Å². The summed E-state index contributed by atoms with van der Waals surface area (Å²) in [5.74, 6) is -0.404. The van der Waals surface area contributed by atoms with Crippen molar-refractivity contribution in [1.82, 2.24) is 14.6 Å². The molecule has 0 spiro atoms. The zero-order valence-corrected chi connectivity index (χ0v) is 16.3. The van der Waals surface area contributed by atoms with E-state index in [-0.39, 0.29) is 11.4 Å². The lowest BCUT2D eigenvalue weighted by molar-refractivity contribution is -0.384. The standard InChI is InChI=1S/C19H15N5O4S/c1-22-14-5-3-11(7-15(14)23(2)19(22)26)10-20-21-18(25)17-9-12-8-13(24(27)28)4-6-16(12)29-17/h3-10H,1-2H3,(H,21,25). The fourth-order valence-electron chi connectivity index (χ4n) is 3.08. The van der Waals surface area contributed by atoms with Crippen molar-refractivity contribution in [1.29, 1.82) is 0 Å². The molecular formula is C19H15N5O4S. The van der Waals surface area contributed by atoms with Crippen LogP contribution in [0.15, 0.2) is 52.4 Å². The quantitative estimate of drug-likeness (QED) is 0.317. The van der Waals surface area contributed by atoms with Crippen LogP contribution >= 0.6 is 11.3 Å². The van der Waals surface area contributed by atoms with E-state index >= 15 is 0 Å². The topological polar surface area (TPSA) is 112 Å². The van der Waals surface area contributed by atoms with Crippen LogP contribution in [0.5, 0.6) is 0 Å². The van der Waals surface area contributed by atoms with Crippen LogP contribution in [0.25, 0.3) is 21.1 Å². The average molecular weight is 409 g/mol. The first-order valence-corrected chi connectivity index (χ1v) is 9.33. The largest absolute Gasteiger partial charge is 0.328 e. The van der Waals surface area contributed by atoms with Crippen LogP contribution in [0.2, 0.25) is 0 Å². The molecule has 0 bridgehead atoms. The van der Waals surface area contributed by atoms with E-state index in [1.54, 1.807) is 41.4 Å². The third kappa shape index (κ3) is 3.29. The Morgan fingerprint density at radius 1 is 1.14 bits per heavy atom. The summed E-state index contributed by atoms with van der Waals surface area (Å²) in [6.45, 7) is 0. The number of nitro groups is 1. The fraction of sp³-hybridized carbons (Fsp3) is 0.105. The molecule has 29 heavy (non-hydrogen) atoms. The van der Waals surface area contributed by atoms with Crippen molar-refractivity contribution in [3.05, 3.63) is 73.5 Å². The molecule has 0 radical (unpaired) electrons. The number of nitrogens with zero attached hydrogens (tertiary/aromatic N) is 4. The minimum atomic E-state index is -0.472. The summed E-state index contributed by atoms with van der Waals surface area (Å²) in [5.41, 5.74) is 4.61. The molecule has 0 atom stereocenters. The summed E-state index contributed by atoms with van der Waals surface area (Å²) in [6.07, 6.45) is 1.49. The maximum Gasteiger partial charge on any atom is 0.328 e. The Kier molecular flexibility index (Phi) is 4.47. The van der Waals surface area contributed by atoms with Crippen molar-refractivity contribution in [3.8, 4) is 0 Å². The Hall–Kier alpha value is -3.79. The van der Waals surface area contributed by atoms with Crippen molar-refractivity contribution < 1.29 is 9.72 Å². The predicted octanol–water partition coefficient (Wildman–Crippen LogP) is 2.76. The number of imidazole rings is 1. The Labute approximate surface area is 167 Å². The van der Waals surface area contributed by atoms with Gasteiger partial charge in [-0.1, -0.05) is 6.07 Å². The molecule has 2 heterocycles. The second-order valence-corrected chi connectivity index (χ2v) is 7.52. The number of aryl methyl sites for hydroxylation is 2. The van der Waals surface area contributed by atoms with E-state index in [1.807, 2.05) is 12.1 Å². The highest BCUT2D eigenvalue weighted by atomic mass is 32.1. The minimum absolute atomic E-state index is 0.0222. The van der Waals surface area contributed by atoms with Crippen LogP contribution in [0.4, 0.5) is 5.69 Å². The smallest absolute Gasteiger partial charge is 0.295 e. The summed E-state index contributed by atoms with van der Waals surface area (Å²) in [6, 6.07) is 11.5. The maximum atomic E-state index is 12.3. The molecule has 2 aromatic heterocycles. The van der Waals surface area contributed by atoms with Gasteiger partial charge in [0.2, 0.25) is 0 Å².